The van der Waals surface area contributed by atoms with E-state index in [0.29, 0.717) is 0 Å². The van der Waals surface area contributed by atoms with E-state index in [9.17, 15) is 0 Å². The van der Waals surface area contributed by atoms with Gasteiger partial charge in [-0.15, -0.1) is 0 Å². The summed E-state index contributed by atoms with van der Waals surface area (Å²) in [7, 11) is 1.61. The van der Waals surface area contributed by atoms with Crippen LogP contribution in [0.5, 0.6) is 0 Å². The van der Waals surface area contributed by atoms with Crippen molar-refractivity contribution in [1.82, 2.24) is 0 Å². The van der Waals surface area contributed by atoms with Crippen molar-refractivity contribution in [3.63, 3.8) is 0 Å². The summed E-state index contributed by atoms with van der Waals surface area (Å²) in [5.74, 6) is 0. The largest absolute Gasteiger partial charge is 0.504 e. The predicted molar refractivity (Wildman–Crippen MR) is 52.2 cm³/mol. The second-order valence-corrected chi connectivity index (χ2v) is 2.92. The molecule has 0 aromatic heterocycles. The summed E-state index contributed by atoms with van der Waals surface area (Å²) in [6, 6.07) is 5.81. The van der Waals surface area contributed by atoms with Crippen LogP contribution in [0.2, 0.25) is 5.02 Å². The average Bonchev–Trinajstić information content (AvgIpc) is 2.04. The Labute approximate surface area is 77.6 Å². The Kier molecular flexibility index (Phi) is 3.18. The van der Waals surface area contributed by atoms with Gasteiger partial charge in [-0.2, -0.15) is 0 Å². The summed E-state index contributed by atoms with van der Waals surface area (Å²) in [6.07, 6.45) is 3.48. The van der Waals surface area contributed by atoms with E-state index in [2.05, 4.69) is 0 Å². The highest BCUT2D eigenvalue weighted by Crippen LogP contribution is 2.20. The molecule has 0 saturated heterocycles. The lowest BCUT2D eigenvalue weighted by Gasteiger charge is -2.01. The second kappa shape index (κ2) is 4.17. The van der Waals surface area contributed by atoms with E-state index in [1.807, 2.05) is 31.2 Å². The fourth-order valence-corrected chi connectivity index (χ4v) is 1.28. The molecule has 12 heavy (non-hydrogen) atoms. The number of rotatable bonds is 2. The second-order valence-electron chi connectivity index (χ2n) is 2.51. The van der Waals surface area contributed by atoms with Gasteiger partial charge in [0.25, 0.3) is 0 Å². The average molecular weight is 183 g/mol. The Morgan fingerprint density at radius 2 is 2.17 bits per heavy atom. The van der Waals surface area contributed by atoms with E-state index in [0.717, 1.165) is 16.1 Å². The van der Waals surface area contributed by atoms with Gasteiger partial charge in [0.1, 0.15) is 0 Å². The summed E-state index contributed by atoms with van der Waals surface area (Å²) in [4.78, 5) is 0. The molecule has 0 N–H and O–H groups in total. The van der Waals surface area contributed by atoms with Crippen LogP contribution < -0.4 is 0 Å². The molecule has 1 aromatic rings. The first-order valence-corrected chi connectivity index (χ1v) is 4.08. The lowest BCUT2D eigenvalue weighted by atomic mass is 10.1. The number of halogens is 1. The SMILES string of the molecule is COC=Cc1c(C)cccc1Cl. The molecule has 0 aliphatic carbocycles. The number of methoxy groups -OCH3 is 1. The van der Waals surface area contributed by atoms with Crippen LogP contribution in [-0.2, 0) is 4.74 Å². The van der Waals surface area contributed by atoms with E-state index in [4.69, 9.17) is 16.3 Å². The quantitative estimate of drug-likeness (QED) is 0.638. The van der Waals surface area contributed by atoms with Gasteiger partial charge in [0.05, 0.1) is 13.4 Å². The van der Waals surface area contributed by atoms with Crippen LogP contribution in [0.25, 0.3) is 6.08 Å². The first-order chi connectivity index (χ1) is 5.75. The van der Waals surface area contributed by atoms with Crippen molar-refractivity contribution in [2.24, 2.45) is 0 Å². The van der Waals surface area contributed by atoms with E-state index in [1.54, 1.807) is 13.4 Å². The molecule has 0 amide bonds. The van der Waals surface area contributed by atoms with Crippen LogP contribution in [0.15, 0.2) is 24.5 Å². The molecule has 0 aliphatic heterocycles. The molecule has 0 atom stereocenters. The van der Waals surface area contributed by atoms with Crippen LogP contribution in [0, 0.1) is 6.92 Å². The molecule has 0 fully saturated rings. The standard InChI is InChI=1S/C10H11ClO/c1-8-4-3-5-10(11)9(8)6-7-12-2/h3-7H,1-2H3. The number of hydrogen-bond acceptors (Lipinski definition) is 1. The molecular weight excluding hydrogens is 172 g/mol. The Hall–Kier alpha value is -0.950. The first kappa shape index (κ1) is 9.14. The summed E-state index contributed by atoms with van der Waals surface area (Å²) in [5, 5.41) is 0.753. The maximum Gasteiger partial charge on any atom is 0.0831 e. The fraction of sp³-hybridized carbons (Fsp3) is 0.200. The fourth-order valence-electron chi connectivity index (χ4n) is 0.992. The van der Waals surface area contributed by atoms with Gasteiger partial charge in [-0.1, -0.05) is 23.7 Å². The highest BCUT2D eigenvalue weighted by Gasteiger charge is 1.98. The molecule has 0 saturated carbocycles. The zero-order valence-corrected chi connectivity index (χ0v) is 7.93. The molecule has 0 spiro atoms. The normalized spacial score (nSPS) is 10.6. The van der Waals surface area contributed by atoms with Gasteiger partial charge in [-0.05, 0) is 30.2 Å². The van der Waals surface area contributed by atoms with Gasteiger partial charge in [0, 0.05) is 5.02 Å². The molecule has 0 radical (unpaired) electrons. The highest BCUT2D eigenvalue weighted by atomic mass is 35.5. The van der Waals surface area contributed by atoms with Crippen molar-refractivity contribution in [3.05, 3.63) is 40.6 Å². The third kappa shape index (κ3) is 2.02. The minimum Gasteiger partial charge on any atom is -0.504 e. The Balaban J connectivity index is 3.04. The smallest absolute Gasteiger partial charge is 0.0831 e. The molecule has 0 bridgehead atoms. The predicted octanol–water partition coefficient (Wildman–Crippen LogP) is 3.27. The molecule has 64 valence electrons. The summed E-state index contributed by atoms with van der Waals surface area (Å²) < 4.78 is 4.82. The van der Waals surface area contributed by atoms with Gasteiger partial charge in [0.15, 0.2) is 0 Å². The van der Waals surface area contributed by atoms with Gasteiger partial charge in [-0.25, -0.2) is 0 Å². The van der Waals surface area contributed by atoms with Crippen molar-refractivity contribution in [2.75, 3.05) is 7.11 Å². The Morgan fingerprint density at radius 1 is 1.42 bits per heavy atom. The number of aryl methyl sites for hydroxylation is 1. The summed E-state index contributed by atoms with van der Waals surface area (Å²) in [5.41, 5.74) is 2.16. The van der Waals surface area contributed by atoms with E-state index >= 15 is 0 Å². The molecule has 2 heteroatoms. The van der Waals surface area contributed by atoms with Crippen molar-refractivity contribution in [3.8, 4) is 0 Å². The minimum absolute atomic E-state index is 0.753. The van der Waals surface area contributed by atoms with Crippen LogP contribution in [0.4, 0.5) is 0 Å². The molecular formula is C10H11ClO. The molecule has 0 aliphatic rings. The maximum absolute atomic E-state index is 5.96. The van der Waals surface area contributed by atoms with Crippen molar-refractivity contribution >= 4 is 17.7 Å². The zero-order chi connectivity index (χ0) is 8.97. The van der Waals surface area contributed by atoms with Crippen LogP contribution >= 0.6 is 11.6 Å². The van der Waals surface area contributed by atoms with Gasteiger partial charge >= 0.3 is 0 Å². The highest BCUT2D eigenvalue weighted by molar-refractivity contribution is 6.32. The number of benzene rings is 1. The summed E-state index contributed by atoms with van der Waals surface area (Å²) >= 11 is 5.96. The first-order valence-electron chi connectivity index (χ1n) is 3.70. The molecule has 0 heterocycles. The van der Waals surface area contributed by atoms with Crippen molar-refractivity contribution in [1.29, 1.82) is 0 Å². The lowest BCUT2D eigenvalue weighted by Crippen LogP contribution is -1.81. The Morgan fingerprint density at radius 3 is 2.75 bits per heavy atom. The van der Waals surface area contributed by atoms with Gasteiger partial charge in [0.2, 0.25) is 0 Å². The third-order valence-electron chi connectivity index (χ3n) is 1.64. The summed E-state index contributed by atoms with van der Waals surface area (Å²) in [6.45, 7) is 2.02. The topological polar surface area (TPSA) is 9.23 Å². The number of ether oxygens (including phenoxy) is 1. The van der Waals surface area contributed by atoms with Gasteiger partial charge in [-0.3, -0.25) is 0 Å². The molecule has 0 unspecified atom stereocenters. The van der Waals surface area contributed by atoms with Crippen LogP contribution in [-0.4, -0.2) is 7.11 Å². The molecule has 1 aromatic carbocycles. The minimum atomic E-state index is 0.753. The number of hydrogen-bond donors (Lipinski definition) is 0. The van der Waals surface area contributed by atoms with E-state index in [1.165, 1.54) is 0 Å². The van der Waals surface area contributed by atoms with E-state index in [-0.39, 0.29) is 0 Å². The van der Waals surface area contributed by atoms with E-state index < -0.39 is 0 Å². The molecule has 1 rings (SSSR count). The van der Waals surface area contributed by atoms with Gasteiger partial charge < -0.3 is 4.74 Å². The zero-order valence-electron chi connectivity index (χ0n) is 7.17. The lowest BCUT2D eigenvalue weighted by molar-refractivity contribution is 0.341. The van der Waals surface area contributed by atoms with Crippen LogP contribution in [0.1, 0.15) is 11.1 Å². The molecule has 1 nitrogen and oxygen atoms in total. The van der Waals surface area contributed by atoms with Crippen LogP contribution in [0.3, 0.4) is 0 Å². The Bertz CT molecular complexity index is 272. The monoisotopic (exact) mass is 182 g/mol. The van der Waals surface area contributed by atoms with Crippen molar-refractivity contribution < 1.29 is 4.74 Å². The maximum atomic E-state index is 5.96. The van der Waals surface area contributed by atoms with Crippen molar-refractivity contribution in [2.45, 2.75) is 6.92 Å². The third-order valence-corrected chi connectivity index (χ3v) is 1.97.